The first-order valence-corrected chi connectivity index (χ1v) is 12.9. The zero-order chi connectivity index (χ0) is 24.9. The second-order valence-electron chi connectivity index (χ2n) is 10.0. The van der Waals surface area contributed by atoms with E-state index in [0.717, 1.165) is 47.5 Å². The SMILES string of the molecule is CC(C)CN(Cc1ccc2c(c1)OCCCO2)C(=O)[C@H]1CN(Cc2cccc3cccnc23)CCO1. The van der Waals surface area contributed by atoms with Gasteiger partial charge < -0.3 is 19.1 Å². The lowest BCUT2D eigenvalue weighted by Gasteiger charge is -2.35. The quantitative estimate of drug-likeness (QED) is 0.494. The van der Waals surface area contributed by atoms with Gasteiger partial charge >= 0.3 is 0 Å². The molecule has 1 fully saturated rings. The lowest BCUT2D eigenvalue weighted by molar-refractivity contribution is -0.151. The number of rotatable bonds is 7. The Labute approximate surface area is 213 Å². The summed E-state index contributed by atoms with van der Waals surface area (Å²) >= 11 is 0. The molecule has 1 amide bonds. The van der Waals surface area contributed by atoms with Crippen molar-refractivity contribution < 1.29 is 19.0 Å². The largest absolute Gasteiger partial charge is 0.490 e. The van der Waals surface area contributed by atoms with E-state index in [2.05, 4.69) is 48.0 Å². The van der Waals surface area contributed by atoms with Crippen molar-refractivity contribution in [3.05, 3.63) is 65.9 Å². The van der Waals surface area contributed by atoms with E-state index in [4.69, 9.17) is 14.2 Å². The molecule has 1 aromatic heterocycles. The summed E-state index contributed by atoms with van der Waals surface area (Å²) < 4.78 is 17.6. The molecule has 0 saturated carbocycles. The van der Waals surface area contributed by atoms with Crippen LogP contribution >= 0.6 is 0 Å². The van der Waals surface area contributed by atoms with Crippen LogP contribution < -0.4 is 9.47 Å². The first kappa shape index (κ1) is 24.5. The average molecular weight is 490 g/mol. The highest BCUT2D eigenvalue weighted by Crippen LogP contribution is 2.31. The number of hydrogen-bond acceptors (Lipinski definition) is 6. The molecule has 5 rings (SSSR count). The molecule has 0 N–H and O–H groups in total. The highest BCUT2D eigenvalue weighted by Gasteiger charge is 2.31. The zero-order valence-electron chi connectivity index (χ0n) is 21.2. The van der Waals surface area contributed by atoms with Crippen LogP contribution in [0.1, 0.15) is 31.4 Å². The second kappa shape index (κ2) is 11.3. The number of fused-ring (bicyclic) bond motifs is 2. The van der Waals surface area contributed by atoms with Gasteiger partial charge in [0.05, 0.1) is 25.3 Å². The van der Waals surface area contributed by atoms with Crippen LogP contribution in [0.3, 0.4) is 0 Å². The zero-order valence-corrected chi connectivity index (χ0v) is 21.2. The lowest BCUT2D eigenvalue weighted by atomic mass is 10.1. The topological polar surface area (TPSA) is 64.1 Å². The van der Waals surface area contributed by atoms with Crippen molar-refractivity contribution >= 4 is 16.8 Å². The first-order chi connectivity index (χ1) is 17.6. The Morgan fingerprint density at radius 2 is 1.92 bits per heavy atom. The van der Waals surface area contributed by atoms with Crippen LogP contribution in [0.2, 0.25) is 0 Å². The predicted octanol–water partition coefficient (Wildman–Crippen LogP) is 4.28. The number of pyridine rings is 1. The molecule has 3 heterocycles. The van der Waals surface area contributed by atoms with Crippen LogP contribution in [-0.4, -0.2) is 66.2 Å². The Morgan fingerprint density at radius 3 is 2.78 bits per heavy atom. The summed E-state index contributed by atoms with van der Waals surface area (Å²) in [4.78, 5) is 22.5. The molecule has 2 aliphatic heterocycles. The first-order valence-electron chi connectivity index (χ1n) is 12.9. The number of hydrogen-bond donors (Lipinski definition) is 0. The summed E-state index contributed by atoms with van der Waals surface area (Å²) in [6, 6.07) is 16.3. The van der Waals surface area contributed by atoms with Gasteiger partial charge in [0.15, 0.2) is 11.5 Å². The number of nitrogens with zero attached hydrogens (tertiary/aromatic N) is 3. The maximum atomic E-state index is 13.7. The van der Waals surface area contributed by atoms with Crippen LogP contribution in [-0.2, 0) is 22.6 Å². The Balaban J connectivity index is 1.29. The monoisotopic (exact) mass is 489 g/mol. The molecule has 7 heteroatoms. The molecule has 1 atom stereocenters. The summed E-state index contributed by atoms with van der Waals surface area (Å²) in [6.45, 7) is 9.39. The van der Waals surface area contributed by atoms with Gasteiger partial charge in [-0.25, -0.2) is 0 Å². The Hall–Kier alpha value is -3.16. The molecule has 7 nitrogen and oxygen atoms in total. The molecule has 0 unspecified atom stereocenters. The Kier molecular flexibility index (Phi) is 7.68. The van der Waals surface area contributed by atoms with Gasteiger partial charge in [-0.1, -0.05) is 44.2 Å². The highest BCUT2D eigenvalue weighted by molar-refractivity contribution is 5.82. The number of aromatic nitrogens is 1. The molecule has 0 radical (unpaired) electrons. The van der Waals surface area contributed by atoms with Crippen LogP contribution in [0, 0.1) is 5.92 Å². The van der Waals surface area contributed by atoms with Crippen molar-refractivity contribution in [1.82, 2.24) is 14.8 Å². The second-order valence-corrected chi connectivity index (χ2v) is 10.0. The summed E-state index contributed by atoms with van der Waals surface area (Å²) in [5.41, 5.74) is 3.22. The van der Waals surface area contributed by atoms with Gasteiger partial charge in [-0.3, -0.25) is 14.7 Å². The van der Waals surface area contributed by atoms with Crippen LogP contribution in [0.25, 0.3) is 10.9 Å². The van der Waals surface area contributed by atoms with E-state index < -0.39 is 6.10 Å². The number of morpholine rings is 1. The number of para-hydroxylation sites is 1. The van der Waals surface area contributed by atoms with E-state index in [1.165, 1.54) is 5.56 Å². The van der Waals surface area contributed by atoms with Gasteiger partial charge in [-0.05, 0) is 35.2 Å². The molecule has 0 spiro atoms. The molecule has 2 aromatic carbocycles. The van der Waals surface area contributed by atoms with Gasteiger partial charge in [-0.15, -0.1) is 0 Å². The third kappa shape index (κ3) is 5.79. The van der Waals surface area contributed by atoms with E-state index in [9.17, 15) is 4.79 Å². The minimum atomic E-state index is -0.485. The van der Waals surface area contributed by atoms with Gasteiger partial charge in [0, 0.05) is 50.7 Å². The number of benzene rings is 2. The minimum absolute atomic E-state index is 0.0385. The number of ether oxygens (including phenoxy) is 3. The maximum Gasteiger partial charge on any atom is 0.253 e. The number of carbonyl (C=O) groups excluding carboxylic acids is 1. The Bertz CT molecular complexity index is 1190. The average Bonchev–Trinajstić information content (AvgIpc) is 3.13. The molecule has 36 heavy (non-hydrogen) atoms. The number of carbonyl (C=O) groups is 1. The molecular weight excluding hydrogens is 454 g/mol. The number of amides is 1. The maximum absolute atomic E-state index is 13.7. The third-order valence-corrected chi connectivity index (χ3v) is 6.62. The molecule has 1 saturated heterocycles. The smallest absolute Gasteiger partial charge is 0.253 e. The molecule has 3 aromatic rings. The fraction of sp³-hybridized carbons (Fsp3) is 0.448. The summed E-state index contributed by atoms with van der Waals surface area (Å²) in [5.74, 6) is 1.91. The van der Waals surface area contributed by atoms with Gasteiger partial charge in [0.25, 0.3) is 5.91 Å². The molecule has 0 aliphatic carbocycles. The molecular formula is C29H35N3O4. The summed E-state index contributed by atoms with van der Waals surface area (Å²) in [6.07, 6.45) is 2.22. The van der Waals surface area contributed by atoms with Gasteiger partial charge in [0.1, 0.15) is 6.10 Å². The van der Waals surface area contributed by atoms with Crippen LogP contribution in [0.15, 0.2) is 54.7 Å². The standard InChI is InChI=1S/C29H35N3O4/c1-21(2)17-32(18-22-9-10-25-26(16-22)35-14-5-13-34-25)29(33)27-20-31(12-15-36-27)19-24-7-3-6-23-8-4-11-30-28(23)24/h3-4,6-11,16,21,27H,5,12-15,17-20H2,1-2H3/t27-/m1/s1. The van der Waals surface area contributed by atoms with E-state index in [-0.39, 0.29) is 5.91 Å². The fourth-order valence-corrected chi connectivity index (χ4v) is 4.93. The van der Waals surface area contributed by atoms with Crippen molar-refractivity contribution in [3.63, 3.8) is 0 Å². The molecule has 2 aliphatic rings. The molecule has 190 valence electrons. The third-order valence-electron chi connectivity index (χ3n) is 6.62. The van der Waals surface area contributed by atoms with Crippen molar-refractivity contribution in [3.8, 4) is 11.5 Å². The minimum Gasteiger partial charge on any atom is -0.490 e. The van der Waals surface area contributed by atoms with E-state index in [1.54, 1.807) is 0 Å². The molecule has 0 bridgehead atoms. The summed E-state index contributed by atoms with van der Waals surface area (Å²) in [5, 5.41) is 1.13. The van der Waals surface area contributed by atoms with Crippen molar-refractivity contribution in [2.45, 2.75) is 39.5 Å². The van der Waals surface area contributed by atoms with Crippen molar-refractivity contribution in [1.29, 1.82) is 0 Å². The van der Waals surface area contributed by atoms with E-state index in [0.29, 0.717) is 45.4 Å². The Morgan fingerprint density at radius 1 is 1.08 bits per heavy atom. The highest BCUT2D eigenvalue weighted by atomic mass is 16.5. The predicted molar refractivity (Wildman–Crippen MR) is 139 cm³/mol. The van der Waals surface area contributed by atoms with E-state index in [1.807, 2.05) is 35.4 Å². The van der Waals surface area contributed by atoms with Crippen LogP contribution in [0.5, 0.6) is 11.5 Å². The fourth-order valence-electron chi connectivity index (χ4n) is 4.93. The van der Waals surface area contributed by atoms with Gasteiger partial charge in [0.2, 0.25) is 0 Å². The summed E-state index contributed by atoms with van der Waals surface area (Å²) in [7, 11) is 0. The normalized spacial score (nSPS) is 18.2. The lowest BCUT2D eigenvalue weighted by Crippen LogP contribution is -2.51. The van der Waals surface area contributed by atoms with Crippen molar-refractivity contribution in [2.24, 2.45) is 5.92 Å². The van der Waals surface area contributed by atoms with Crippen LogP contribution in [0.4, 0.5) is 0 Å². The van der Waals surface area contributed by atoms with Gasteiger partial charge in [-0.2, -0.15) is 0 Å². The van der Waals surface area contributed by atoms with Crippen molar-refractivity contribution in [2.75, 3.05) is 39.5 Å². The van der Waals surface area contributed by atoms with E-state index >= 15 is 0 Å².